The second-order valence-corrected chi connectivity index (χ2v) is 6.79. The fourth-order valence-corrected chi connectivity index (χ4v) is 3.34. The van der Waals surface area contributed by atoms with Crippen LogP contribution in [0.5, 0.6) is 11.5 Å². The summed E-state index contributed by atoms with van der Waals surface area (Å²) in [5.74, 6) is 0.00552. The molecule has 0 aliphatic rings. The largest absolute Gasteiger partial charge is 0.508 e. The highest BCUT2D eigenvalue weighted by Crippen LogP contribution is 2.30. The van der Waals surface area contributed by atoms with Crippen LogP contribution in [0.3, 0.4) is 0 Å². The second kappa shape index (κ2) is 4.83. The van der Waals surface area contributed by atoms with Crippen LogP contribution in [0, 0.1) is 20.8 Å². The minimum absolute atomic E-state index is 0.0425. The zero-order valence-corrected chi connectivity index (χ0v) is 12.3. The second-order valence-electron chi connectivity index (χ2n) is 4.84. The summed E-state index contributed by atoms with van der Waals surface area (Å²) in [6.45, 7) is 5.11. The van der Waals surface area contributed by atoms with Gasteiger partial charge in [0.25, 0.3) is 0 Å². The zero-order valence-electron chi connectivity index (χ0n) is 11.5. The lowest BCUT2D eigenvalue weighted by atomic mass is 10.1. The summed E-state index contributed by atoms with van der Waals surface area (Å²) in [7, 11) is -3.71. The van der Waals surface area contributed by atoms with Crippen LogP contribution < -0.4 is 0 Å². The van der Waals surface area contributed by atoms with E-state index in [9.17, 15) is 18.6 Å². The fourth-order valence-electron chi connectivity index (χ4n) is 1.89. The molecule has 0 unspecified atom stereocenters. The van der Waals surface area contributed by atoms with Crippen LogP contribution in [-0.4, -0.2) is 18.6 Å². The van der Waals surface area contributed by atoms with Crippen molar-refractivity contribution in [3.05, 3.63) is 47.0 Å². The number of benzene rings is 2. The monoisotopic (exact) mass is 292 g/mol. The molecule has 0 saturated heterocycles. The van der Waals surface area contributed by atoms with Crippen molar-refractivity contribution in [1.82, 2.24) is 0 Å². The van der Waals surface area contributed by atoms with Gasteiger partial charge in [-0.2, -0.15) is 0 Å². The molecule has 0 fully saturated rings. The Hall–Kier alpha value is -2.01. The summed E-state index contributed by atoms with van der Waals surface area (Å²) < 4.78 is 25.0. The molecule has 2 aromatic carbocycles. The summed E-state index contributed by atoms with van der Waals surface area (Å²) in [5, 5.41) is 19.3. The van der Waals surface area contributed by atoms with Crippen LogP contribution >= 0.6 is 0 Å². The molecule has 2 aromatic rings. The minimum Gasteiger partial charge on any atom is -0.508 e. The van der Waals surface area contributed by atoms with Gasteiger partial charge in [0.2, 0.25) is 9.84 Å². The van der Waals surface area contributed by atoms with Crippen LogP contribution in [0.4, 0.5) is 0 Å². The van der Waals surface area contributed by atoms with Crippen molar-refractivity contribution in [3.63, 3.8) is 0 Å². The highest BCUT2D eigenvalue weighted by Gasteiger charge is 2.20. The maximum atomic E-state index is 12.5. The van der Waals surface area contributed by atoms with Crippen LogP contribution in [0.2, 0.25) is 0 Å². The number of phenols is 2. The van der Waals surface area contributed by atoms with Crippen molar-refractivity contribution in [3.8, 4) is 11.5 Å². The SMILES string of the molecule is Cc1cc(S(=O)(=O)c2cc(C)c(C)c(O)c2)ccc1O. The van der Waals surface area contributed by atoms with E-state index < -0.39 is 9.84 Å². The summed E-state index contributed by atoms with van der Waals surface area (Å²) in [6.07, 6.45) is 0. The van der Waals surface area contributed by atoms with Gasteiger partial charge in [0, 0.05) is 0 Å². The molecule has 2 N–H and O–H groups in total. The molecule has 20 heavy (non-hydrogen) atoms. The first-order valence-corrected chi connectivity index (χ1v) is 7.56. The van der Waals surface area contributed by atoms with E-state index in [1.54, 1.807) is 20.8 Å². The molecule has 0 aliphatic heterocycles. The van der Waals surface area contributed by atoms with E-state index in [0.29, 0.717) is 16.7 Å². The molecule has 4 nitrogen and oxygen atoms in total. The normalized spacial score (nSPS) is 11.6. The molecule has 0 atom stereocenters. The third-order valence-electron chi connectivity index (χ3n) is 3.40. The predicted octanol–water partition coefficient (Wildman–Crippen LogP) is 2.86. The Kier molecular flexibility index (Phi) is 3.48. The van der Waals surface area contributed by atoms with Crippen LogP contribution in [0.1, 0.15) is 16.7 Å². The van der Waals surface area contributed by atoms with Gasteiger partial charge in [-0.15, -0.1) is 0 Å². The maximum absolute atomic E-state index is 12.5. The molecule has 2 rings (SSSR count). The molecule has 5 heteroatoms. The highest BCUT2D eigenvalue weighted by atomic mass is 32.2. The van der Waals surface area contributed by atoms with Crippen molar-refractivity contribution >= 4 is 9.84 Å². The van der Waals surface area contributed by atoms with Gasteiger partial charge < -0.3 is 10.2 Å². The van der Waals surface area contributed by atoms with Gasteiger partial charge in [0.15, 0.2) is 0 Å². The number of aromatic hydroxyl groups is 2. The molecule has 0 spiro atoms. The van der Waals surface area contributed by atoms with Crippen LogP contribution in [0.15, 0.2) is 40.1 Å². The Morgan fingerprint density at radius 3 is 1.95 bits per heavy atom. The third kappa shape index (κ3) is 2.36. The lowest BCUT2D eigenvalue weighted by Gasteiger charge is -2.10. The highest BCUT2D eigenvalue weighted by molar-refractivity contribution is 7.91. The smallest absolute Gasteiger partial charge is 0.206 e. The Labute approximate surface area is 118 Å². The molecular formula is C15H16O4S. The first-order valence-electron chi connectivity index (χ1n) is 6.08. The lowest BCUT2D eigenvalue weighted by Crippen LogP contribution is -2.03. The van der Waals surface area contributed by atoms with Crippen molar-refractivity contribution in [2.24, 2.45) is 0 Å². The standard InChI is InChI=1S/C15H16O4S/c1-9-6-13(8-15(17)11(9)3)20(18,19)12-4-5-14(16)10(2)7-12/h4-8,16-17H,1-3H3. The lowest BCUT2D eigenvalue weighted by molar-refractivity contribution is 0.468. The first kappa shape index (κ1) is 14.4. The number of phenolic OH excluding ortho intramolecular Hbond substituents is 2. The van der Waals surface area contributed by atoms with Crippen molar-refractivity contribution in [1.29, 1.82) is 0 Å². The molecule has 0 bridgehead atoms. The number of rotatable bonds is 2. The Bertz CT molecular complexity index is 753. The third-order valence-corrected chi connectivity index (χ3v) is 5.13. The van der Waals surface area contributed by atoms with E-state index >= 15 is 0 Å². The number of hydrogen-bond donors (Lipinski definition) is 2. The molecule has 0 saturated carbocycles. The van der Waals surface area contributed by atoms with Gasteiger partial charge in [0.05, 0.1) is 9.79 Å². The van der Waals surface area contributed by atoms with Gasteiger partial charge in [0.1, 0.15) is 11.5 Å². The van der Waals surface area contributed by atoms with Crippen LogP contribution in [-0.2, 0) is 9.84 Å². The number of aryl methyl sites for hydroxylation is 2. The summed E-state index contributed by atoms with van der Waals surface area (Å²) >= 11 is 0. The van der Waals surface area contributed by atoms with Gasteiger partial charge in [-0.05, 0) is 67.8 Å². The van der Waals surface area contributed by atoms with E-state index in [1.165, 1.54) is 30.3 Å². The van der Waals surface area contributed by atoms with Gasteiger partial charge in [-0.3, -0.25) is 0 Å². The van der Waals surface area contributed by atoms with Crippen molar-refractivity contribution in [2.45, 2.75) is 30.6 Å². The van der Waals surface area contributed by atoms with Gasteiger partial charge in [-0.25, -0.2) is 8.42 Å². The van der Waals surface area contributed by atoms with Crippen molar-refractivity contribution in [2.75, 3.05) is 0 Å². The minimum atomic E-state index is -3.71. The molecular weight excluding hydrogens is 276 g/mol. The quantitative estimate of drug-likeness (QED) is 0.892. The maximum Gasteiger partial charge on any atom is 0.206 e. The summed E-state index contributed by atoms with van der Waals surface area (Å²) in [4.78, 5) is 0.138. The predicted molar refractivity (Wildman–Crippen MR) is 75.9 cm³/mol. The molecule has 0 radical (unpaired) electrons. The Balaban J connectivity index is 2.63. The number of hydrogen-bond acceptors (Lipinski definition) is 4. The summed E-state index contributed by atoms with van der Waals surface area (Å²) in [5.41, 5.74) is 1.85. The fraction of sp³-hybridized carbons (Fsp3) is 0.200. The van der Waals surface area contributed by atoms with E-state index in [-0.39, 0.29) is 21.3 Å². The first-order chi connectivity index (χ1) is 9.23. The van der Waals surface area contributed by atoms with Crippen molar-refractivity contribution < 1.29 is 18.6 Å². The van der Waals surface area contributed by atoms with Gasteiger partial charge >= 0.3 is 0 Å². The Morgan fingerprint density at radius 2 is 1.40 bits per heavy atom. The molecule has 0 heterocycles. The molecule has 106 valence electrons. The molecule has 0 amide bonds. The van der Waals surface area contributed by atoms with Gasteiger partial charge in [-0.1, -0.05) is 0 Å². The molecule has 0 aliphatic carbocycles. The Morgan fingerprint density at radius 1 is 0.800 bits per heavy atom. The topological polar surface area (TPSA) is 74.6 Å². The summed E-state index contributed by atoms with van der Waals surface area (Å²) in [6, 6.07) is 6.90. The van der Waals surface area contributed by atoms with E-state index in [2.05, 4.69) is 0 Å². The van der Waals surface area contributed by atoms with E-state index in [4.69, 9.17) is 0 Å². The average molecular weight is 292 g/mol. The van der Waals surface area contributed by atoms with Crippen LogP contribution in [0.25, 0.3) is 0 Å². The average Bonchev–Trinajstić information content (AvgIpc) is 2.38. The number of sulfone groups is 1. The zero-order chi connectivity index (χ0) is 15.1. The van der Waals surface area contributed by atoms with E-state index in [0.717, 1.165) is 0 Å². The van der Waals surface area contributed by atoms with E-state index in [1.807, 2.05) is 0 Å². The molecule has 0 aromatic heterocycles.